The molecule has 1 saturated heterocycles. The molecule has 3 aromatic rings. The van der Waals surface area contributed by atoms with E-state index in [2.05, 4.69) is 19.9 Å². The maximum atomic E-state index is 13.1. The first-order valence-electron chi connectivity index (χ1n) is 10.5. The number of rotatable bonds is 5. The third kappa shape index (κ3) is 4.75. The number of esters is 1. The van der Waals surface area contributed by atoms with E-state index >= 15 is 0 Å². The first kappa shape index (κ1) is 21.4. The molecule has 8 heteroatoms. The molecule has 0 amide bonds. The van der Waals surface area contributed by atoms with E-state index in [1.54, 1.807) is 18.5 Å². The minimum absolute atomic E-state index is 0.0267. The van der Waals surface area contributed by atoms with Crippen molar-refractivity contribution < 1.29 is 9.53 Å². The van der Waals surface area contributed by atoms with Crippen molar-refractivity contribution in [2.24, 2.45) is 0 Å². The molecule has 1 N–H and O–H groups in total. The average Bonchev–Trinajstić information content (AvgIpc) is 3.24. The smallest absolute Gasteiger partial charge is 0.340 e. The van der Waals surface area contributed by atoms with Crippen LogP contribution >= 0.6 is 11.3 Å². The molecule has 0 aromatic carbocycles. The van der Waals surface area contributed by atoms with Crippen molar-refractivity contribution in [3.05, 3.63) is 57.6 Å². The summed E-state index contributed by atoms with van der Waals surface area (Å²) in [6, 6.07) is 5.38. The van der Waals surface area contributed by atoms with Crippen LogP contribution in [0.1, 0.15) is 48.7 Å². The molecule has 0 aliphatic carbocycles. The van der Waals surface area contributed by atoms with E-state index in [1.807, 2.05) is 38.4 Å². The summed E-state index contributed by atoms with van der Waals surface area (Å²) < 4.78 is 5.82. The van der Waals surface area contributed by atoms with E-state index in [4.69, 9.17) is 4.74 Å². The quantitative estimate of drug-likeness (QED) is 0.607. The molecule has 31 heavy (non-hydrogen) atoms. The molecule has 0 radical (unpaired) electrons. The first-order valence-corrected chi connectivity index (χ1v) is 11.3. The molecule has 3 aromatic heterocycles. The van der Waals surface area contributed by atoms with Gasteiger partial charge in [-0.25, -0.2) is 9.78 Å². The average molecular weight is 439 g/mol. The molecule has 4 rings (SSSR count). The van der Waals surface area contributed by atoms with Gasteiger partial charge in [0.05, 0.1) is 16.8 Å². The number of aromatic amines is 1. The lowest BCUT2D eigenvalue weighted by molar-refractivity contribution is 0.0106. The van der Waals surface area contributed by atoms with Gasteiger partial charge in [0.1, 0.15) is 11.1 Å². The highest BCUT2D eigenvalue weighted by Gasteiger charge is 2.25. The molecule has 1 atom stereocenters. The number of likely N-dealkylation sites (N-methyl/N-ethyl adjacent to an activating group) is 1. The Bertz CT molecular complexity index is 1120. The number of ether oxygens (including phenoxy) is 1. The molecule has 1 fully saturated rings. The predicted octanol–water partition coefficient (Wildman–Crippen LogP) is 3.93. The van der Waals surface area contributed by atoms with Gasteiger partial charge in [-0.05, 0) is 50.6 Å². The number of carbonyl (C=O) groups excluding carboxylic acids is 1. The highest BCUT2D eigenvalue weighted by atomic mass is 32.1. The lowest BCUT2D eigenvalue weighted by atomic mass is 10.0. The summed E-state index contributed by atoms with van der Waals surface area (Å²) in [5, 5.41) is 2.62. The zero-order valence-corrected chi connectivity index (χ0v) is 18.7. The van der Waals surface area contributed by atoms with Crippen LogP contribution in [0.2, 0.25) is 0 Å². The number of nitrogens with one attached hydrogen (secondary N) is 1. The Morgan fingerprint density at radius 1 is 1.32 bits per heavy atom. The summed E-state index contributed by atoms with van der Waals surface area (Å²) in [4.78, 5) is 39.6. The molecule has 1 unspecified atom stereocenters. The van der Waals surface area contributed by atoms with Gasteiger partial charge in [-0.15, -0.1) is 11.3 Å². The second kappa shape index (κ2) is 9.11. The van der Waals surface area contributed by atoms with Crippen molar-refractivity contribution in [2.45, 2.75) is 38.7 Å². The van der Waals surface area contributed by atoms with Gasteiger partial charge in [0.25, 0.3) is 5.56 Å². The van der Waals surface area contributed by atoms with E-state index in [0.717, 1.165) is 36.5 Å². The predicted molar refractivity (Wildman–Crippen MR) is 121 cm³/mol. The van der Waals surface area contributed by atoms with Crippen molar-refractivity contribution in [1.82, 2.24) is 19.9 Å². The molecular formula is C23H26N4O3S. The van der Waals surface area contributed by atoms with Gasteiger partial charge < -0.3 is 14.6 Å². The van der Waals surface area contributed by atoms with Gasteiger partial charge in [-0.3, -0.25) is 9.78 Å². The summed E-state index contributed by atoms with van der Waals surface area (Å²) in [6.45, 7) is 5.62. The summed E-state index contributed by atoms with van der Waals surface area (Å²) in [5.74, 6) is -0.424. The maximum Gasteiger partial charge on any atom is 0.340 e. The highest BCUT2D eigenvalue weighted by molar-refractivity contribution is 7.13. The number of nitrogens with zero attached hydrogens (tertiary/aromatic N) is 3. The van der Waals surface area contributed by atoms with Gasteiger partial charge in [-0.2, -0.15) is 0 Å². The standard InChI is InChI=1S/C23H26N4O3S/c1-14(2)20-18(23(29)30-16-5-4-10-27(3)12-16)11-17(21(28)26-20)19-13-31-22(25-19)15-6-8-24-9-7-15/h6-9,11,13-14,16H,4-5,10,12H2,1-3H3,(H,26,28). The van der Waals surface area contributed by atoms with Gasteiger partial charge in [0.15, 0.2) is 0 Å². The van der Waals surface area contributed by atoms with Gasteiger partial charge in [0.2, 0.25) is 0 Å². The van der Waals surface area contributed by atoms with E-state index < -0.39 is 5.97 Å². The normalized spacial score (nSPS) is 17.1. The van der Waals surface area contributed by atoms with E-state index in [0.29, 0.717) is 22.5 Å². The molecule has 7 nitrogen and oxygen atoms in total. The molecular weight excluding hydrogens is 412 g/mol. The zero-order valence-electron chi connectivity index (χ0n) is 17.9. The maximum absolute atomic E-state index is 13.1. The zero-order chi connectivity index (χ0) is 22.0. The Balaban J connectivity index is 1.68. The second-order valence-corrected chi connectivity index (χ2v) is 9.06. The van der Waals surface area contributed by atoms with Crippen LogP contribution in [0.5, 0.6) is 0 Å². The molecule has 4 heterocycles. The Hall–Kier alpha value is -2.84. The fourth-order valence-corrected chi connectivity index (χ4v) is 4.64. The molecule has 162 valence electrons. The van der Waals surface area contributed by atoms with Gasteiger partial charge in [0, 0.05) is 35.6 Å². The molecule has 0 bridgehead atoms. The summed E-state index contributed by atoms with van der Waals surface area (Å²) in [7, 11) is 2.03. The summed E-state index contributed by atoms with van der Waals surface area (Å²) in [5.41, 5.74) is 2.57. The number of H-pyrrole nitrogens is 1. The van der Waals surface area contributed by atoms with Crippen LogP contribution in [0.4, 0.5) is 0 Å². The van der Waals surface area contributed by atoms with E-state index in [9.17, 15) is 9.59 Å². The largest absolute Gasteiger partial charge is 0.457 e. The number of hydrogen-bond acceptors (Lipinski definition) is 7. The fraction of sp³-hybridized carbons (Fsp3) is 0.391. The van der Waals surface area contributed by atoms with Crippen LogP contribution in [0.25, 0.3) is 21.8 Å². The number of piperidine rings is 1. The van der Waals surface area contributed by atoms with Crippen LogP contribution in [-0.4, -0.2) is 52.1 Å². The van der Waals surface area contributed by atoms with Crippen LogP contribution in [-0.2, 0) is 4.74 Å². The Morgan fingerprint density at radius 2 is 2.10 bits per heavy atom. The highest BCUT2D eigenvalue weighted by Crippen LogP contribution is 2.29. The van der Waals surface area contributed by atoms with E-state index in [1.165, 1.54) is 11.3 Å². The third-order valence-corrected chi connectivity index (χ3v) is 6.32. The first-order chi connectivity index (χ1) is 14.9. The van der Waals surface area contributed by atoms with Crippen molar-refractivity contribution in [3.63, 3.8) is 0 Å². The Kier molecular flexibility index (Phi) is 6.29. The van der Waals surface area contributed by atoms with E-state index in [-0.39, 0.29) is 17.6 Å². The van der Waals surface area contributed by atoms with Crippen molar-refractivity contribution in [3.8, 4) is 21.8 Å². The van der Waals surface area contributed by atoms with Crippen LogP contribution in [0, 0.1) is 0 Å². The Morgan fingerprint density at radius 3 is 2.81 bits per heavy atom. The van der Waals surface area contributed by atoms with Crippen molar-refractivity contribution >= 4 is 17.3 Å². The monoisotopic (exact) mass is 438 g/mol. The number of pyridine rings is 2. The fourth-order valence-electron chi connectivity index (χ4n) is 3.81. The minimum Gasteiger partial charge on any atom is -0.457 e. The molecule has 1 aliphatic rings. The number of likely N-dealkylation sites (tertiary alicyclic amines) is 1. The van der Waals surface area contributed by atoms with Gasteiger partial charge in [-0.1, -0.05) is 13.8 Å². The minimum atomic E-state index is -0.397. The Labute approximate surface area is 185 Å². The topological polar surface area (TPSA) is 88.2 Å². The molecule has 1 aliphatic heterocycles. The lowest BCUT2D eigenvalue weighted by Gasteiger charge is -2.29. The number of thiazole rings is 1. The third-order valence-electron chi connectivity index (χ3n) is 5.43. The van der Waals surface area contributed by atoms with Crippen molar-refractivity contribution in [1.29, 1.82) is 0 Å². The molecule has 0 saturated carbocycles. The number of hydrogen-bond donors (Lipinski definition) is 1. The van der Waals surface area contributed by atoms with Crippen LogP contribution < -0.4 is 5.56 Å². The number of aromatic nitrogens is 3. The van der Waals surface area contributed by atoms with Crippen molar-refractivity contribution in [2.75, 3.05) is 20.1 Å². The van der Waals surface area contributed by atoms with Crippen LogP contribution in [0.3, 0.4) is 0 Å². The van der Waals surface area contributed by atoms with Crippen LogP contribution in [0.15, 0.2) is 40.8 Å². The SMILES string of the molecule is CC(C)c1[nH]c(=O)c(-c2csc(-c3ccncc3)n2)cc1C(=O)OC1CCCN(C)C1. The molecule has 0 spiro atoms. The summed E-state index contributed by atoms with van der Waals surface area (Å²) >= 11 is 1.45. The number of carbonyl (C=O) groups is 1. The summed E-state index contributed by atoms with van der Waals surface area (Å²) in [6.07, 6.45) is 5.12. The lowest BCUT2D eigenvalue weighted by Crippen LogP contribution is -2.38. The second-order valence-electron chi connectivity index (χ2n) is 8.20. The van der Waals surface area contributed by atoms with Gasteiger partial charge >= 0.3 is 5.97 Å².